The molecule has 0 saturated heterocycles. The monoisotopic (exact) mass is 306 g/mol. The Balaban J connectivity index is 2.20. The van der Waals surface area contributed by atoms with Gasteiger partial charge in [0.05, 0.1) is 10.0 Å². The zero-order chi connectivity index (χ0) is 13.4. The van der Waals surface area contributed by atoms with Gasteiger partial charge in [0, 0.05) is 11.3 Å². The number of unbranched alkanes of at least 4 members (excludes halogenated alkanes) is 2. The van der Waals surface area contributed by atoms with Gasteiger partial charge in [-0.15, -0.1) is 11.8 Å². The highest BCUT2D eigenvalue weighted by molar-refractivity contribution is 7.99. The van der Waals surface area contributed by atoms with Crippen LogP contribution < -0.4 is 11.3 Å². The van der Waals surface area contributed by atoms with Crippen molar-refractivity contribution in [1.82, 2.24) is 5.43 Å². The van der Waals surface area contributed by atoms with Crippen LogP contribution in [0.4, 0.5) is 0 Å². The molecule has 0 heterocycles. The first-order chi connectivity index (χ1) is 8.65. The highest BCUT2D eigenvalue weighted by Crippen LogP contribution is 2.34. The van der Waals surface area contributed by atoms with Crippen molar-refractivity contribution < 1.29 is 4.79 Å². The molecule has 3 nitrogen and oxygen atoms in total. The third-order valence-electron chi connectivity index (χ3n) is 2.37. The molecule has 100 valence electrons. The summed E-state index contributed by atoms with van der Waals surface area (Å²) in [4.78, 5) is 11.8. The Bertz CT molecular complexity index is 381. The molecule has 0 radical (unpaired) electrons. The van der Waals surface area contributed by atoms with Gasteiger partial charge in [-0.05, 0) is 30.7 Å². The first kappa shape index (κ1) is 15.6. The number of nitrogens with one attached hydrogen (secondary N) is 1. The van der Waals surface area contributed by atoms with E-state index in [9.17, 15) is 4.79 Å². The first-order valence-electron chi connectivity index (χ1n) is 5.71. The van der Waals surface area contributed by atoms with Crippen LogP contribution in [0.25, 0.3) is 0 Å². The van der Waals surface area contributed by atoms with Crippen LogP contribution in [0.1, 0.15) is 25.7 Å². The smallest absolute Gasteiger partial charge is 0.233 e. The molecule has 0 bridgehead atoms. The predicted molar refractivity (Wildman–Crippen MR) is 78.0 cm³/mol. The second-order valence-corrected chi connectivity index (χ2v) is 5.70. The van der Waals surface area contributed by atoms with E-state index in [1.54, 1.807) is 11.8 Å². The van der Waals surface area contributed by atoms with Gasteiger partial charge in [0.2, 0.25) is 5.91 Å². The van der Waals surface area contributed by atoms with Crippen LogP contribution >= 0.6 is 35.0 Å². The molecule has 0 saturated carbocycles. The van der Waals surface area contributed by atoms with E-state index >= 15 is 0 Å². The molecule has 0 atom stereocenters. The van der Waals surface area contributed by atoms with E-state index in [-0.39, 0.29) is 5.91 Å². The Morgan fingerprint density at radius 3 is 2.50 bits per heavy atom. The van der Waals surface area contributed by atoms with E-state index in [1.807, 2.05) is 18.2 Å². The number of hydrogen-bond donors (Lipinski definition) is 2. The number of benzene rings is 1. The zero-order valence-electron chi connectivity index (χ0n) is 9.92. The van der Waals surface area contributed by atoms with Crippen molar-refractivity contribution in [2.24, 2.45) is 5.84 Å². The summed E-state index contributed by atoms with van der Waals surface area (Å²) >= 11 is 13.8. The summed E-state index contributed by atoms with van der Waals surface area (Å²) in [6, 6.07) is 5.50. The van der Waals surface area contributed by atoms with Crippen molar-refractivity contribution >= 4 is 40.9 Å². The molecule has 6 heteroatoms. The zero-order valence-corrected chi connectivity index (χ0v) is 12.2. The van der Waals surface area contributed by atoms with Crippen molar-refractivity contribution in [2.45, 2.75) is 30.6 Å². The largest absolute Gasteiger partial charge is 0.294 e. The van der Waals surface area contributed by atoms with Crippen LogP contribution in [0.5, 0.6) is 0 Å². The molecule has 0 aliphatic rings. The second kappa shape index (κ2) is 8.64. The fourth-order valence-electron chi connectivity index (χ4n) is 1.43. The molecule has 0 aliphatic heterocycles. The normalized spacial score (nSPS) is 10.4. The minimum absolute atomic E-state index is 0.114. The fraction of sp³-hybridized carbons (Fsp3) is 0.417. The molecule has 1 amide bonds. The maximum atomic E-state index is 10.9. The summed E-state index contributed by atoms with van der Waals surface area (Å²) < 4.78 is 0. The average Bonchev–Trinajstić information content (AvgIpc) is 2.36. The summed E-state index contributed by atoms with van der Waals surface area (Å²) in [5.41, 5.74) is 2.12. The number of amides is 1. The van der Waals surface area contributed by atoms with Gasteiger partial charge in [0.1, 0.15) is 0 Å². The summed E-state index contributed by atoms with van der Waals surface area (Å²) in [5.74, 6) is 5.81. The van der Waals surface area contributed by atoms with Crippen LogP contribution in [-0.2, 0) is 4.79 Å². The number of carbonyl (C=O) groups is 1. The number of thioether (sulfide) groups is 1. The molecular formula is C12H16Cl2N2OS. The number of carbonyl (C=O) groups excluding carboxylic acids is 1. The van der Waals surface area contributed by atoms with Crippen molar-refractivity contribution in [3.8, 4) is 0 Å². The Hall–Kier alpha value is -0.420. The van der Waals surface area contributed by atoms with Gasteiger partial charge in [-0.3, -0.25) is 10.2 Å². The van der Waals surface area contributed by atoms with Crippen molar-refractivity contribution in [3.63, 3.8) is 0 Å². The van der Waals surface area contributed by atoms with Crippen molar-refractivity contribution in [1.29, 1.82) is 0 Å². The maximum absolute atomic E-state index is 10.9. The van der Waals surface area contributed by atoms with Crippen LogP contribution in [0, 0.1) is 0 Å². The van der Waals surface area contributed by atoms with Crippen LogP contribution in [0.3, 0.4) is 0 Å². The van der Waals surface area contributed by atoms with Gasteiger partial charge in [-0.25, -0.2) is 5.84 Å². The highest BCUT2D eigenvalue weighted by atomic mass is 35.5. The topological polar surface area (TPSA) is 55.1 Å². The number of nitrogens with two attached hydrogens (primary N) is 1. The van der Waals surface area contributed by atoms with Crippen LogP contribution in [0.15, 0.2) is 23.1 Å². The molecule has 1 aromatic rings. The van der Waals surface area contributed by atoms with Crippen LogP contribution in [0.2, 0.25) is 10.0 Å². The first-order valence-corrected chi connectivity index (χ1v) is 7.45. The van der Waals surface area contributed by atoms with E-state index in [1.165, 1.54) is 0 Å². The molecule has 18 heavy (non-hydrogen) atoms. The van der Waals surface area contributed by atoms with Crippen molar-refractivity contribution in [3.05, 3.63) is 28.2 Å². The number of rotatable bonds is 7. The number of halogens is 2. The Morgan fingerprint density at radius 1 is 1.22 bits per heavy atom. The standard InChI is InChI=1S/C12H16Cl2N2OS/c13-9-5-4-6-10(14)12(9)18-8-3-1-2-7-11(17)16-15/h4-6H,1-3,7-8,15H2,(H,16,17). The maximum Gasteiger partial charge on any atom is 0.233 e. The van der Waals surface area contributed by atoms with E-state index < -0.39 is 0 Å². The average molecular weight is 307 g/mol. The molecule has 0 unspecified atom stereocenters. The van der Waals surface area contributed by atoms with E-state index in [2.05, 4.69) is 5.43 Å². The molecule has 1 aromatic carbocycles. The highest BCUT2D eigenvalue weighted by Gasteiger charge is 2.05. The summed E-state index contributed by atoms with van der Waals surface area (Å²) in [6.07, 6.45) is 3.33. The van der Waals surface area contributed by atoms with Gasteiger partial charge < -0.3 is 0 Å². The summed E-state index contributed by atoms with van der Waals surface area (Å²) in [7, 11) is 0. The third-order valence-corrected chi connectivity index (χ3v) is 4.45. The lowest BCUT2D eigenvalue weighted by molar-refractivity contribution is -0.121. The quantitative estimate of drug-likeness (QED) is 0.266. The number of hydrazine groups is 1. The Labute approximate surface area is 121 Å². The molecule has 0 fully saturated rings. The predicted octanol–water partition coefficient (Wildman–Crippen LogP) is 3.64. The lowest BCUT2D eigenvalue weighted by Gasteiger charge is -2.06. The van der Waals surface area contributed by atoms with E-state index in [0.717, 1.165) is 29.9 Å². The lowest BCUT2D eigenvalue weighted by Crippen LogP contribution is -2.29. The number of hydrogen-bond acceptors (Lipinski definition) is 3. The van der Waals surface area contributed by atoms with Gasteiger partial charge in [0.25, 0.3) is 0 Å². The molecule has 0 spiro atoms. The Morgan fingerprint density at radius 2 is 1.89 bits per heavy atom. The molecule has 3 N–H and O–H groups in total. The molecule has 0 aliphatic carbocycles. The van der Waals surface area contributed by atoms with E-state index in [0.29, 0.717) is 16.5 Å². The van der Waals surface area contributed by atoms with Gasteiger partial charge >= 0.3 is 0 Å². The van der Waals surface area contributed by atoms with Gasteiger partial charge in [0.15, 0.2) is 0 Å². The minimum atomic E-state index is -0.114. The van der Waals surface area contributed by atoms with Crippen LogP contribution in [-0.4, -0.2) is 11.7 Å². The SMILES string of the molecule is NNC(=O)CCCCCSc1c(Cl)cccc1Cl. The molecule has 1 rings (SSSR count). The summed E-state index contributed by atoms with van der Waals surface area (Å²) in [6.45, 7) is 0. The minimum Gasteiger partial charge on any atom is -0.294 e. The van der Waals surface area contributed by atoms with Gasteiger partial charge in [-0.2, -0.15) is 0 Å². The molecular weight excluding hydrogens is 291 g/mol. The fourth-order valence-corrected chi connectivity index (χ4v) is 3.12. The lowest BCUT2D eigenvalue weighted by atomic mass is 10.2. The van der Waals surface area contributed by atoms with E-state index in [4.69, 9.17) is 29.0 Å². The third kappa shape index (κ3) is 5.48. The molecule has 0 aromatic heterocycles. The van der Waals surface area contributed by atoms with Crippen molar-refractivity contribution in [2.75, 3.05) is 5.75 Å². The summed E-state index contributed by atoms with van der Waals surface area (Å²) in [5, 5.41) is 1.38. The second-order valence-electron chi connectivity index (χ2n) is 3.78. The Kier molecular flexibility index (Phi) is 7.51. The van der Waals surface area contributed by atoms with Gasteiger partial charge in [-0.1, -0.05) is 35.7 Å².